The number of carbonyl (C=O) groups excluding carboxylic acids is 1. The second-order valence-electron chi connectivity index (χ2n) is 6.05. The summed E-state index contributed by atoms with van der Waals surface area (Å²) in [5.74, 6) is 0.512. The molecule has 1 amide bonds. The number of carbonyl (C=O) groups is 1. The number of unbranched alkanes of at least 4 members (excludes halogenated alkanes) is 1. The highest BCUT2D eigenvalue weighted by Crippen LogP contribution is 2.27. The zero-order valence-corrected chi connectivity index (χ0v) is 16.0. The Morgan fingerprint density at radius 2 is 2.19 bits per heavy atom. The summed E-state index contributed by atoms with van der Waals surface area (Å²) in [6, 6.07) is 12.0. The number of nitrogens with one attached hydrogen (secondary N) is 1. The molecule has 0 aliphatic heterocycles. The van der Waals surface area contributed by atoms with Crippen molar-refractivity contribution in [2.75, 3.05) is 12.3 Å². The van der Waals surface area contributed by atoms with Gasteiger partial charge in [0.15, 0.2) is 5.13 Å². The predicted molar refractivity (Wildman–Crippen MR) is 110 cm³/mol. The van der Waals surface area contributed by atoms with E-state index in [1.807, 2.05) is 36.4 Å². The molecule has 140 valence electrons. The highest BCUT2D eigenvalue weighted by atomic mass is 32.1. The fraction of sp³-hybridized carbons (Fsp3) is 0.250. The molecule has 0 bridgehead atoms. The number of thiazole rings is 1. The number of hydrogen-bond donors (Lipinski definition) is 2. The summed E-state index contributed by atoms with van der Waals surface area (Å²) < 4.78 is 5.92. The lowest BCUT2D eigenvalue weighted by molar-refractivity contribution is -0.120. The Kier molecular flexibility index (Phi) is 6.38. The topological polar surface area (TPSA) is 89.6 Å². The number of aromatic nitrogens is 1. The summed E-state index contributed by atoms with van der Waals surface area (Å²) in [4.78, 5) is 16.1. The van der Waals surface area contributed by atoms with E-state index >= 15 is 0 Å². The van der Waals surface area contributed by atoms with Gasteiger partial charge in [-0.15, -0.1) is 11.3 Å². The molecule has 0 unspecified atom stereocenters. The van der Waals surface area contributed by atoms with Crippen molar-refractivity contribution < 1.29 is 9.53 Å². The minimum absolute atomic E-state index is 0.139. The fourth-order valence-corrected chi connectivity index (χ4v) is 3.20. The summed E-state index contributed by atoms with van der Waals surface area (Å²) >= 11 is 1.31. The lowest BCUT2D eigenvalue weighted by Gasteiger charge is -2.11. The number of ether oxygens (including phenoxy) is 1. The summed E-state index contributed by atoms with van der Waals surface area (Å²) in [6.07, 6.45) is 3.82. The molecule has 0 saturated carbocycles. The Morgan fingerprint density at radius 1 is 1.33 bits per heavy atom. The van der Waals surface area contributed by atoms with Crippen LogP contribution in [0.15, 0.2) is 46.9 Å². The van der Waals surface area contributed by atoms with Gasteiger partial charge in [-0.1, -0.05) is 43.7 Å². The van der Waals surface area contributed by atoms with E-state index in [1.54, 1.807) is 11.6 Å². The number of nitrogens with zero attached hydrogens (tertiary/aromatic N) is 2. The highest BCUT2D eigenvalue weighted by Gasteiger charge is 2.08. The molecule has 3 rings (SSSR count). The molecule has 1 aromatic heterocycles. The number of hydrogen-bond acceptors (Lipinski definition) is 6. The monoisotopic (exact) mass is 382 g/mol. The number of fused-ring (bicyclic) bond motifs is 1. The van der Waals surface area contributed by atoms with Crippen LogP contribution >= 0.6 is 11.3 Å². The first-order valence-electron chi connectivity index (χ1n) is 8.83. The van der Waals surface area contributed by atoms with Gasteiger partial charge in [-0.3, -0.25) is 4.79 Å². The maximum absolute atomic E-state index is 12.0. The third-order valence-corrected chi connectivity index (χ3v) is 4.70. The van der Waals surface area contributed by atoms with Crippen molar-refractivity contribution in [3.8, 4) is 5.75 Å². The quantitative estimate of drug-likeness (QED) is 0.353. The van der Waals surface area contributed by atoms with Crippen LogP contribution in [0, 0.1) is 0 Å². The third kappa shape index (κ3) is 5.04. The lowest BCUT2D eigenvalue weighted by Crippen LogP contribution is -2.20. The lowest BCUT2D eigenvalue weighted by atomic mass is 10.0. The first kappa shape index (κ1) is 18.8. The minimum atomic E-state index is -0.245. The van der Waals surface area contributed by atoms with Crippen molar-refractivity contribution in [1.82, 2.24) is 10.4 Å². The number of anilines is 1. The SMILES string of the molecule is CCCCOc1ccc2ccccc2c1/C=N/NC(=O)Cc1csc(N)n1. The van der Waals surface area contributed by atoms with E-state index in [1.165, 1.54) is 11.3 Å². The zero-order valence-electron chi connectivity index (χ0n) is 15.1. The number of nitrogen functional groups attached to an aromatic ring is 1. The minimum Gasteiger partial charge on any atom is -0.493 e. The summed E-state index contributed by atoms with van der Waals surface area (Å²) in [7, 11) is 0. The molecule has 0 fully saturated rings. The molecule has 3 N–H and O–H groups in total. The first-order valence-corrected chi connectivity index (χ1v) is 9.71. The number of amides is 1. The third-order valence-electron chi connectivity index (χ3n) is 3.98. The van der Waals surface area contributed by atoms with E-state index in [9.17, 15) is 4.79 Å². The zero-order chi connectivity index (χ0) is 19.1. The van der Waals surface area contributed by atoms with Gasteiger partial charge in [-0.2, -0.15) is 5.10 Å². The largest absolute Gasteiger partial charge is 0.493 e. The molecule has 3 aromatic rings. The van der Waals surface area contributed by atoms with Crippen LogP contribution in [0.2, 0.25) is 0 Å². The van der Waals surface area contributed by atoms with Gasteiger partial charge < -0.3 is 10.5 Å². The predicted octanol–water partition coefficient (Wildman–Crippen LogP) is 3.75. The molecule has 27 heavy (non-hydrogen) atoms. The second kappa shape index (κ2) is 9.14. The van der Waals surface area contributed by atoms with Crippen molar-refractivity contribution in [2.45, 2.75) is 26.2 Å². The van der Waals surface area contributed by atoms with Crippen molar-refractivity contribution >= 4 is 39.4 Å². The number of rotatable bonds is 8. The molecule has 1 heterocycles. The summed E-state index contributed by atoms with van der Waals surface area (Å²) in [5, 5.41) is 8.45. The van der Waals surface area contributed by atoms with Crippen LogP contribution in [0.1, 0.15) is 31.0 Å². The van der Waals surface area contributed by atoms with Crippen LogP contribution in [-0.2, 0) is 11.2 Å². The Balaban J connectivity index is 1.75. The van der Waals surface area contributed by atoms with Crippen LogP contribution in [-0.4, -0.2) is 23.7 Å². The molecule has 0 saturated heterocycles. The fourth-order valence-electron chi connectivity index (χ4n) is 2.64. The van der Waals surface area contributed by atoms with Gasteiger partial charge in [0.1, 0.15) is 5.75 Å². The van der Waals surface area contributed by atoms with Gasteiger partial charge in [-0.05, 0) is 23.3 Å². The molecule has 0 radical (unpaired) electrons. The molecule has 0 atom stereocenters. The molecule has 0 aliphatic rings. The van der Waals surface area contributed by atoms with Crippen molar-refractivity contribution in [3.63, 3.8) is 0 Å². The van der Waals surface area contributed by atoms with Gasteiger partial charge in [0, 0.05) is 10.9 Å². The smallest absolute Gasteiger partial charge is 0.246 e. The van der Waals surface area contributed by atoms with Crippen LogP contribution in [0.5, 0.6) is 5.75 Å². The van der Waals surface area contributed by atoms with Gasteiger partial charge in [0.05, 0.1) is 24.9 Å². The van der Waals surface area contributed by atoms with E-state index in [0.717, 1.165) is 34.9 Å². The highest BCUT2D eigenvalue weighted by molar-refractivity contribution is 7.13. The second-order valence-corrected chi connectivity index (χ2v) is 6.94. The Labute approximate surface area is 162 Å². The standard InChI is InChI=1S/C20H22N4O2S/c1-2-3-10-26-18-9-8-14-6-4-5-7-16(14)17(18)12-22-24-19(25)11-15-13-27-20(21)23-15/h4-9,12-13H,2-3,10-11H2,1H3,(H2,21,23)(H,24,25)/b22-12+. The van der Waals surface area contributed by atoms with E-state index in [2.05, 4.69) is 22.4 Å². The molecule has 7 heteroatoms. The Bertz CT molecular complexity index is 952. The number of nitrogens with two attached hydrogens (primary N) is 1. The first-order chi connectivity index (χ1) is 13.2. The van der Waals surface area contributed by atoms with Crippen LogP contribution < -0.4 is 15.9 Å². The van der Waals surface area contributed by atoms with Crippen molar-refractivity contribution in [1.29, 1.82) is 0 Å². The number of benzene rings is 2. The van der Waals surface area contributed by atoms with Gasteiger partial charge in [-0.25, -0.2) is 10.4 Å². The summed E-state index contributed by atoms with van der Waals surface area (Å²) in [6.45, 7) is 2.77. The molecule has 6 nitrogen and oxygen atoms in total. The molecule has 0 aliphatic carbocycles. The van der Waals surface area contributed by atoms with E-state index in [-0.39, 0.29) is 12.3 Å². The normalized spacial score (nSPS) is 11.1. The molecule has 2 aromatic carbocycles. The van der Waals surface area contributed by atoms with Gasteiger partial charge in [0.25, 0.3) is 0 Å². The number of hydrazone groups is 1. The van der Waals surface area contributed by atoms with E-state index in [0.29, 0.717) is 17.4 Å². The Morgan fingerprint density at radius 3 is 2.96 bits per heavy atom. The summed E-state index contributed by atoms with van der Waals surface area (Å²) in [5.41, 5.74) is 9.62. The van der Waals surface area contributed by atoms with Gasteiger partial charge in [0.2, 0.25) is 5.91 Å². The maximum atomic E-state index is 12.0. The van der Waals surface area contributed by atoms with Crippen LogP contribution in [0.25, 0.3) is 10.8 Å². The van der Waals surface area contributed by atoms with Crippen LogP contribution in [0.4, 0.5) is 5.13 Å². The van der Waals surface area contributed by atoms with Gasteiger partial charge >= 0.3 is 0 Å². The average Bonchev–Trinajstić information content (AvgIpc) is 3.07. The maximum Gasteiger partial charge on any atom is 0.246 e. The molecular formula is C20H22N4O2S. The Hall–Kier alpha value is -2.93. The van der Waals surface area contributed by atoms with Crippen molar-refractivity contribution in [3.05, 3.63) is 53.0 Å². The van der Waals surface area contributed by atoms with E-state index in [4.69, 9.17) is 10.5 Å². The molecule has 0 spiro atoms. The average molecular weight is 382 g/mol. The van der Waals surface area contributed by atoms with Crippen molar-refractivity contribution in [2.24, 2.45) is 5.10 Å². The van der Waals surface area contributed by atoms with E-state index < -0.39 is 0 Å². The van der Waals surface area contributed by atoms with Crippen LogP contribution in [0.3, 0.4) is 0 Å². The molecular weight excluding hydrogens is 360 g/mol.